The van der Waals surface area contributed by atoms with Crippen molar-refractivity contribution in [1.29, 1.82) is 0 Å². The molecular weight excluding hydrogens is 256 g/mol. The molecular formula is C15H22N2O3. The molecule has 1 aromatic carbocycles. The first-order valence-electron chi connectivity index (χ1n) is 6.78. The number of nitrogens with one attached hydrogen (secondary N) is 1. The van der Waals surface area contributed by atoms with Crippen LogP contribution in [0.5, 0.6) is 5.75 Å². The number of hydrogen-bond acceptors (Lipinski definition) is 4. The summed E-state index contributed by atoms with van der Waals surface area (Å²) in [6.45, 7) is 5.67. The van der Waals surface area contributed by atoms with Crippen molar-refractivity contribution in [3.8, 4) is 5.75 Å². The molecule has 5 heteroatoms. The van der Waals surface area contributed by atoms with Crippen LogP contribution >= 0.6 is 0 Å². The molecule has 0 aliphatic carbocycles. The van der Waals surface area contributed by atoms with Crippen LogP contribution in [0.2, 0.25) is 0 Å². The van der Waals surface area contributed by atoms with E-state index in [1.165, 1.54) is 0 Å². The first kappa shape index (κ1) is 16.0. The summed E-state index contributed by atoms with van der Waals surface area (Å²) in [5.74, 6) is 0.375. The van der Waals surface area contributed by atoms with Crippen LogP contribution < -0.4 is 10.1 Å². The van der Waals surface area contributed by atoms with Crippen molar-refractivity contribution in [3.05, 3.63) is 29.8 Å². The number of carbonyl (C=O) groups is 1. The van der Waals surface area contributed by atoms with E-state index in [0.717, 1.165) is 12.8 Å². The van der Waals surface area contributed by atoms with E-state index in [1.54, 1.807) is 25.1 Å². The summed E-state index contributed by atoms with van der Waals surface area (Å²) < 4.78 is 5.50. The van der Waals surface area contributed by atoms with Crippen molar-refractivity contribution in [3.63, 3.8) is 0 Å². The van der Waals surface area contributed by atoms with Crippen molar-refractivity contribution in [2.45, 2.75) is 39.7 Å². The number of carbonyl (C=O) groups excluding carboxylic acids is 1. The second-order valence-electron chi connectivity index (χ2n) is 4.73. The molecule has 110 valence electrons. The molecule has 0 fully saturated rings. The molecule has 1 unspecified atom stereocenters. The molecule has 1 aromatic rings. The zero-order valence-corrected chi connectivity index (χ0v) is 12.2. The molecule has 0 saturated heterocycles. The van der Waals surface area contributed by atoms with Gasteiger partial charge in [-0.3, -0.25) is 4.79 Å². The number of nitrogens with zero attached hydrogens (tertiary/aromatic N) is 1. The van der Waals surface area contributed by atoms with Crippen molar-refractivity contribution in [2.75, 3.05) is 6.61 Å². The lowest BCUT2D eigenvalue weighted by molar-refractivity contribution is -0.123. The minimum atomic E-state index is -0.153. The van der Waals surface area contributed by atoms with Gasteiger partial charge >= 0.3 is 0 Å². The topological polar surface area (TPSA) is 70.9 Å². The van der Waals surface area contributed by atoms with Gasteiger partial charge < -0.3 is 15.3 Å². The summed E-state index contributed by atoms with van der Waals surface area (Å²) in [6, 6.07) is 7.29. The molecule has 2 N–H and O–H groups in total. The van der Waals surface area contributed by atoms with Gasteiger partial charge in [0.2, 0.25) is 0 Å². The molecule has 5 nitrogen and oxygen atoms in total. The van der Waals surface area contributed by atoms with E-state index in [-0.39, 0.29) is 18.6 Å². The van der Waals surface area contributed by atoms with Crippen LogP contribution in [-0.4, -0.2) is 29.5 Å². The van der Waals surface area contributed by atoms with Crippen molar-refractivity contribution < 1.29 is 14.7 Å². The Balaban J connectivity index is 2.60. The van der Waals surface area contributed by atoms with Crippen LogP contribution in [0.3, 0.4) is 0 Å². The zero-order chi connectivity index (χ0) is 15.0. The molecule has 1 atom stereocenters. The maximum absolute atomic E-state index is 11.7. The fourth-order valence-electron chi connectivity index (χ4n) is 1.91. The second kappa shape index (κ2) is 8.19. The largest absolute Gasteiger partial charge is 0.483 e. The van der Waals surface area contributed by atoms with E-state index in [1.807, 2.05) is 13.0 Å². The molecule has 1 amide bonds. The standard InChI is InChI=1S/C15H22N2O3/c1-4-7-11(2)16-15(18)10-20-14-9-6-5-8-13(14)12(3)17-19/h5-6,8-9,11,19H,4,7,10H2,1-3H3,(H,16,18). The van der Waals surface area contributed by atoms with E-state index in [2.05, 4.69) is 17.4 Å². The van der Waals surface area contributed by atoms with Gasteiger partial charge in [0, 0.05) is 11.6 Å². The molecule has 0 radical (unpaired) electrons. The second-order valence-corrected chi connectivity index (χ2v) is 4.73. The van der Waals surface area contributed by atoms with E-state index < -0.39 is 0 Å². The lowest BCUT2D eigenvalue weighted by atomic mass is 10.1. The average Bonchev–Trinajstić information content (AvgIpc) is 2.44. The highest BCUT2D eigenvalue weighted by atomic mass is 16.5. The highest BCUT2D eigenvalue weighted by molar-refractivity contribution is 6.00. The Hall–Kier alpha value is -2.04. The third-order valence-corrected chi connectivity index (χ3v) is 2.91. The minimum absolute atomic E-state index is 0.0518. The molecule has 0 aliphatic rings. The number of benzene rings is 1. The Kier molecular flexibility index (Phi) is 6.56. The summed E-state index contributed by atoms with van der Waals surface area (Å²) in [5, 5.41) is 14.8. The maximum atomic E-state index is 11.7. The van der Waals surface area contributed by atoms with Crippen LogP contribution in [-0.2, 0) is 4.79 Å². The molecule has 0 bridgehead atoms. The molecule has 20 heavy (non-hydrogen) atoms. The van der Waals surface area contributed by atoms with Crippen LogP contribution in [0.25, 0.3) is 0 Å². The highest BCUT2D eigenvalue weighted by Crippen LogP contribution is 2.18. The summed E-state index contributed by atoms with van der Waals surface area (Å²) in [5.41, 5.74) is 1.12. The predicted octanol–water partition coefficient (Wildman–Crippen LogP) is 2.57. The third-order valence-electron chi connectivity index (χ3n) is 2.91. The van der Waals surface area contributed by atoms with Gasteiger partial charge in [-0.25, -0.2) is 0 Å². The van der Waals surface area contributed by atoms with Gasteiger partial charge in [0.05, 0.1) is 5.71 Å². The van der Waals surface area contributed by atoms with E-state index >= 15 is 0 Å². The molecule has 0 saturated carbocycles. The first-order chi connectivity index (χ1) is 9.58. The monoisotopic (exact) mass is 278 g/mol. The quantitative estimate of drug-likeness (QED) is 0.457. The van der Waals surface area contributed by atoms with Gasteiger partial charge in [0.1, 0.15) is 5.75 Å². The number of hydrogen-bond donors (Lipinski definition) is 2. The molecule has 0 heterocycles. The summed E-state index contributed by atoms with van der Waals surface area (Å²) in [6.07, 6.45) is 1.97. The number of ether oxygens (including phenoxy) is 1. The van der Waals surface area contributed by atoms with Crippen LogP contribution in [0, 0.1) is 0 Å². The summed E-state index contributed by atoms with van der Waals surface area (Å²) in [7, 11) is 0. The zero-order valence-electron chi connectivity index (χ0n) is 12.2. The Morgan fingerprint density at radius 1 is 1.45 bits per heavy atom. The normalized spacial score (nSPS) is 12.8. The number of para-hydroxylation sites is 1. The SMILES string of the molecule is CCCC(C)NC(=O)COc1ccccc1C(C)=NO. The number of amides is 1. The molecule has 0 aromatic heterocycles. The van der Waals surface area contributed by atoms with Gasteiger partial charge in [-0.15, -0.1) is 0 Å². The smallest absolute Gasteiger partial charge is 0.258 e. The van der Waals surface area contributed by atoms with Crippen LogP contribution in [0.1, 0.15) is 39.2 Å². The van der Waals surface area contributed by atoms with Crippen LogP contribution in [0.15, 0.2) is 29.4 Å². The maximum Gasteiger partial charge on any atom is 0.258 e. The van der Waals surface area contributed by atoms with Gasteiger partial charge in [-0.05, 0) is 32.4 Å². The number of rotatable bonds is 7. The fourth-order valence-corrected chi connectivity index (χ4v) is 1.91. The lowest BCUT2D eigenvalue weighted by Crippen LogP contribution is -2.36. The van der Waals surface area contributed by atoms with Gasteiger partial charge in [-0.1, -0.05) is 30.6 Å². The van der Waals surface area contributed by atoms with Gasteiger partial charge in [0.15, 0.2) is 6.61 Å². The van der Waals surface area contributed by atoms with Gasteiger partial charge in [-0.2, -0.15) is 0 Å². The molecule has 1 rings (SSSR count). The Morgan fingerprint density at radius 3 is 2.80 bits per heavy atom. The van der Waals surface area contributed by atoms with Crippen molar-refractivity contribution >= 4 is 11.6 Å². The van der Waals surface area contributed by atoms with E-state index in [0.29, 0.717) is 17.0 Å². The average molecular weight is 278 g/mol. The minimum Gasteiger partial charge on any atom is -0.483 e. The van der Waals surface area contributed by atoms with E-state index in [4.69, 9.17) is 9.94 Å². The van der Waals surface area contributed by atoms with Crippen LogP contribution in [0.4, 0.5) is 0 Å². The van der Waals surface area contributed by atoms with E-state index in [9.17, 15) is 4.79 Å². The van der Waals surface area contributed by atoms with Crippen molar-refractivity contribution in [2.24, 2.45) is 5.16 Å². The first-order valence-corrected chi connectivity index (χ1v) is 6.78. The number of oxime groups is 1. The Labute approximate surface area is 119 Å². The summed E-state index contributed by atoms with van der Waals surface area (Å²) in [4.78, 5) is 11.7. The Morgan fingerprint density at radius 2 is 2.15 bits per heavy atom. The van der Waals surface area contributed by atoms with Gasteiger partial charge in [0.25, 0.3) is 5.91 Å². The predicted molar refractivity (Wildman–Crippen MR) is 78.4 cm³/mol. The third kappa shape index (κ3) is 4.91. The Bertz CT molecular complexity index is 472. The highest BCUT2D eigenvalue weighted by Gasteiger charge is 2.10. The lowest BCUT2D eigenvalue weighted by Gasteiger charge is -2.14. The fraction of sp³-hybridized carbons (Fsp3) is 0.467. The molecule has 0 aliphatic heterocycles. The summed E-state index contributed by atoms with van der Waals surface area (Å²) >= 11 is 0. The van der Waals surface area contributed by atoms with Crippen molar-refractivity contribution in [1.82, 2.24) is 5.32 Å². The molecule has 0 spiro atoms.